The van der Waals surface area contributed by atoms with Gasteiger partial charge in [0, 0.05) is 12.6 Å². The van der Waals surface area contributed by atoms with E-state index in [-0.39, 0.29) is 0 Å². The van der Waals surface area contributed by atoms with Crippen molar-refractivity contribution in [3.8, 4) is 5.75 Å². The van der Waals surface area contributed by atoms with Gasteiger partial charge in [0.25, 0.3) is 0 Å². The SMILES string of the molecule is CCOc1c(Cl)cc(CNC(C)C23CC4CC(CC(C4)C2)C3)cc1Cl. The van der Waals surface area contributed by atoms with Crippen LogP contribution in [0.2, 0.25) is 10.0 Å². The van der Waals surface area contributed by atoms with Gasteiger partial charge in [0.1, 0.15) is 0 Å². The monoisotopic (exact) mass is 381 g/mol. The van der Waals surface area contributed by atoms with Crippen molar-refractivity contribution in [2.75, 3.05) is 6.61 Å². The summed E-state index contributed by atoms with van der Waals surface area (Å²) in [4.78, 5) is 0. The highest BCUT2D eigenvalue weighted by atomic mass is 35.5. The Balaban J connectivity index is 1.43. The molecule has 1 N–H and O–H groups in total. The van der Waals surface area contributed by atoms with Gasteiger partial charge in [-0.05, 0) is 93.2 Å². The molecule has 0 radical (unpaired) electrons. The number of rotatable bonds is 6. The van der Waals surface area contributed by atoms with E-state index in [4.69, 9.17) is 27.9 Å². The van der Waals surface area contributed by atoms with Crippen molar-refractivity contribution in [3.05, 3.63) is 27.7 Å². The molecule has 4 heteroatoms. The fourth-order valence-corrected chi connectivity index (χ4v) is 6.83. The van der Waals surface area contributed by atoms with Crippen LogP contribution in [0.3, 0.4) is 0 Å². The lowest BCUT2D eigenvalue weighted by Crippen LogP contribution is -2.54. The Kier molecular flexibility index (Phi) is 4.98. The zero-order chi connectivity index (χ0) is 17.6. The van der Waals surface area contributed by atoms with E-state index < -0.39 is 0 Å². The summed E-state index contributed by atoms with van der Waals surface area (Å²) < 4.78 is 5.53. The smallest absolute Gasteiger partial charge is 0.156 e. The van der Waals surface area contributed by atoms with Gasteiger partial charge in [0.15, 0.2) is 5.75 Å². The second-order valence-electron chi connectivity index (χ2n) is 8.70. The molecule has 0 saturated heterocycles. The number of halogens is 2. The minimum absolute atomic E-state index is 0.521. The van der Waals surface area contributed by atoms with E-state index in [0.717, 1.165) is 29.9 Å². The first-order chi connectivity index (χ1) is 12.0. The largest absolute Gasteiger partial charge is 0.491 e. The average molecular weight is 382 g/mol. The first kappa shape index (κ1) is 17.9. The maximum Gasteiger partial charge on any atom is 0.156 e. The Hall–Kier alpha value is -0.440. The van der Waals surface area contributed by atoms with Crippen molar-refractivity contribution in [2.45, 2.75) is 65.0 Å². The summed E-state index contributed by atoms with van der Waals surface area (Å²) in [5.74, 6) is 3.57. The summed E-state index contributed by atoms with van der Waals surface area (Å²) in [5.41, 5.74) is 1.66. The molecule has 25 heavy (non-hydrogen) atoms. The van der Waals surface area contributed by atoms with Gasteiger partial charge in [0.2, 0.25) is 0 Å². The van der Waals surface area contributed by atoms with Crippen molar-refractivity contribution in [1.82, 2.24) is 5.32 Å². The van der Waals surface area contributed by atoms with Crippen LogP contribution in [0.25, 0.3) is 0 Å². The number of benzene rings is 1. The Bertz CT molecular complexity index is 586. The topological polar surface area (TPSA) is 21.3 Å². The fraction of sp³-hybridized carbons (Fsp3) is 0.714. The van der Waals surface area contributed by atoms with Crippen LogP contribution in [0.1, 0.15) is 57.9 Å². The minimum atomic E-state index is 0.521. The average Bonchev–Trinajstić information content (AvgIpc) is 2.54. The van der Waals surface area contributed by atoms with E-state index >= 15 is 0 Å². The van der Waals surface area contributed by atoms with Gasteiger partial charge in [0.05, 0.1) is 16.7 Å². The van der Waals surface area contributed by atoms with E-state index in [1.54, 1.807) is 0 Å². The van der Waals surface area contributed by atoms with Gasteiger partial charge >= 0.3 is 0 Å². The Morgan fingerprint density at radius 1 is 1.08 bits per heavy atom. The molecule has 4 bridgehead atoms. The van der Waals surface area contributed by atoms with Crippen LogP contribution in [0.5, 0.6) is 5.75 Å². The predicted molar refractivity (Wildman–Crippen MR) is 105 cm³/mol. The summed E-state index contributed by atoms with van der Waals surface area (Å²) >= 11 is 12.7. The van der Waals surface area contributed by atoms with Gasteiger partial charge in [-0.2, -0.15) is 0 Å². The molecule has 5 rings (SSSR count). The minimum Gasteiger partial charge on any atom is -0.491 e. The molecular formula is C21H29Cl2NO. The standard InChI is InChI=1S/C21H29Cl2NO/c1-3-25-20-18(22)7-17(8-19(20)23)12-24-13(2)21-9-14-4-15(10-21)6-16(5-14)11-21/h7-8,13-16,24H,3-6,9-12H2,1-2H3. The zero-order valence-electron chi connectivity index (χ0n) is 15.3. The molecule has 4 aliphatic carbocycles. The third-order valence-corrected chi connectivity index (χ3v) is 7.52. The summed E-state index contributed by atoms with van der Waals surface area (Å²) in [6.07, 6.45) is 8.77. The molecule has 4 fully saturated rings. The number of ether oxygens (including phenoxy) is 1. The van der Waals surface area contributed by atoms with Crippen molar-refractivity contribution >= 4 is 23.2 Å². The van der Waals surface area contributed by atoms with E-state index in [0.29, 0.717) is 33.9 Å². The van der Waals surface area contributed by atoms with Crippen molar-refractivity contribution in [3.63, 3.8) is 0 Å². The molecule has 0 amide bonds. The van der Waals surface area contributed by atoms with Crippen molar-refractivity contribution < 1.29 is 4.74 Å². The van der Waals surface area contributed by atoms with Gasteiger partial charge in [-0.1, -0.05) is 23.2 Å². The van der Waals surface area contributed by atoms with Crippen LogP contribution in [-0.2, 0) is 6.54 Å². The molecule has 0 spiro atoms. The summed E-state index contributed by atoms with van der Waals surface area (Å²) in [7, 11) is 0. The zero-order valence-corrected chi connectivity index (χ0v) is 16.8. The van der Waals surface area contributed by atoms with Crippen LogP contribution in [0.15, 0.2) is 12.1 Å². The Morgan fingerprint density at radius 2 is 1.60 bits per heavy atom. The molecule has 4 aliphatic rings. The molecule has 2 nitrogen and oxygen atoms in total. The van der Waals surface area contributed by atoms with E-state index in [1.165, 1.54) is 38.5 Å². The van der Waals surface area contributed by atoms with E-state index in [9.17, 15) is 0 Å². The lowest BCUT2D eigenvalue weighted by Gasteiger charge is -2.59. The molecule has 0 aromatic heterocycles. The van der Waals surface area contributed by atoms with E-state index in [2.05, 4.69) is 12.2 Å². The summed E-state index contributed by atoms with van der Waals surface area (Å²) in [6, 6.07) is 4.51. The second kappa shape index (κ2) is 6.94. The normalized spacial score (nSPS) is 34.3. The van der Waals surface area contributed by atoms with Gasteiger partial charge in [-0.3, -0.25) is 0 Å². The molecule has 1 aromatic rings. The third kappa shape index (κ3) is 3.42. The van der Waals surface area contributed by atoms with Crippen LogP contribution >= 0.6 is 23.2 Å². The van der Waals surface area contributed by atoms with E-state index in [1.807, 2.05) is 19.1 Å². The molecular weight excluding hydrogens is 353 g/mol. The van der Waals surface area contributed by atoms with Gasteiger partial charge in [-0.25, -0.2) is 0 Å². The quantitative estimate of drug-likeness (QED) is 0.643. The molecule has 138 valence electrons. The van der Waals surface area contributed by atoms with Gasteiger partial charge < -0.3 is 10.1 Å². The number of hydrogen-bond acceptors (Lipinski definition) is 2. The van der Waals surface area contributed by atoms with Crippen molar-refractivity contribution in [2.24, 2.45) is 23.2 Å². The fourth-order valence-electron chi connectivity index (χ4n) is 6.19. The maximum atomic E-state index is 6.35. The highest BCUT2D eigenvalue weighted by molar-refractivity contribution is 6.37. The molecule has 0 aliphatic heterocycles. The third-order valence-electron chi connectivity index (χ3n) is 6.96. The summed E-state index contributed by atoms with van der Waals surface area (Å²) in [5, 5.41) is 5.01. The van der Waals surface area contributed by atoms with Crippen LogP contribution < -0.4 is 10.1 Å². The Morgan fingerprint density at radius 3 is 2.08 bits per heavy atom. The molecule has 0 heterocycles. The Labute approximate surface area is 161 Å². The highest BCUT2D eigenvalue weighted by Crippen LogP contribution is 2.61. The van der Waals surface area contributed by atoms with Gasteiger partial charge in [-0.15, -0.1) is 0 Å². The van der Waals surface area contributed by atoms with Crippen LogP contribution in [0.4, 0.5) is 0 Å². The van der Waals surface area contributed by atoms with Crippen molar-refractivity contribution in [1.29, 1.82) is 0 Å². The second-order valence-corrected chi connectivity index (χ2v) is 9.52. The molecule has 1 unspecified atom stereocenters. The molecule has 1 atom stereocenters. The lowest BCUT2D eigenvalue weighted by atomic mass is 9.48. The van der Waals surface area contributed by atoms with Crippen LogP contribution in [0, 0.1) is 23.2 Å². The maximum absolute atomic E-state index is 6.35. The first-order valence-electron chi connectivity index (χ1n) is 9.83. The highest BCUT2D eigenvalue weighted by Gasteiger charge is 2.52. The molecule has 4 saturated carbocycles. The predicted octanol–water partition coefficient (Wildman–Crippen LogP) is 6.09. The lowest BCUT2D eigenvalue weighted by molar-refractivity contribution is -0.0706. The first-order valence-corrected chi connectivity index (χ1v) is 10.6. The molecule has 1 aromatic carbocycles. The number of hydrogen-bond donors (Lipinski definition) is 1. The summed E-state index contributed by atoms with van der Waals surface area (Å²) in [6.45, 7) is 5.72. The van der Waals surface area contributed by atoms with Crippen LogP contribution in [-0.4, -0.2) is 12.6 Å². The number of nitrogens with one attached hydrogen (secondary N) is 1.